The molecule has 2 aromatic carbocycles. The second-order valence-corrected chi connectivity index (χ2v) is 7.94. The number of benzene rings is 2. The number of nitrogens with one attached hydrogen (secondary N) is 1. The molecule has 0 atom stereocenters. The van der Waals surface area contributed by atoms with Crippen LogP contribution in [0.4, 0.5) is 20.3 Å². The number of anilines is 2. The summed E-state index contributed by atoms with van der Waals surface area (Å²) in [5.74, 6) is 1.05. The van der Waals surface area contributed by atoms with Gasteiger partial charge < -0.3 is 9.88 Å². The van der Waals surface area contributed by atoms with Gasteiger partial charge in [0.1, 0.15) is 35.0 Å². The monoisotopic (exact) mass is 445 g/mol. The third kappa shape index (κ3) is 3.71. The topological polar surface area (TPSA) is 73.5 Å². The van der Waals surface area contributed by atoms with E-state index < -0.39 is 5.82 Å². The second-order valence-electron chi connectivity index (χ2n) is 7.94. The van der Waals surface area contributed by atoms with Crippen LogP contribution in [0.1, 0.15) is 25.7 Å². The van der Waals surface area contributed by atoms with Gasteiger partial charge in [-0.25, -0.2) is 28.4 Å². The van der Waals surface area contributed by atoms with Gasteiger partial charge in [0.15, 0.2) is 11.6 Å². The number of rotatable bonds is 5. The van der Waals surface area contributed by atoms with Crippen LogP contribution in [0.25, 0.3) is 28.1 Å². The summed E-state index contributed by atoms with van der Waals surface area (Å²) in [5.41, 5.74) is 3.14. The lowest BCUT2D eigenvalue weighted by Gasteiger charge is -2.13. The van der Waals surface area contributed by atoms with E-state index in [0.717, 1.165) is 11.1 Å². The molecule has 33 heavy (non-hydrogen) atoms. The van der Waals surface area contributed by atoms with Gasteiger partial charge in [-0.15, -0.1) is 0 Å². The zero-order chi connectivity index (χ0) is 23.1. The zero-order valence-electron chi connectivity index (χ0n) is 18.3. The Bertz CT molecular complexity index is 1450. The molecular weight excluding hydrogens is 424 g/mol. The van der Waals surface area contributed by atoms with E-state index in [4.69, 9.17) is 4.98 Å². The molecule has 5 aromatic rings. The average molecular weight is 445 g/mol. The van der Waals surface area contributed by atoms with Gasteiger partial charge in [0, 0.05) is 23.5 Å². The van der Waals surface area contributed by atoms with E-state index in [1.54, 1.807) is 37.4 Å². The largest absolute Gasteiger partial charge is 0.338 e. The molecule has 5 rings (SSSR count). The fourth-order valence-corrected chi connectivity index (χ4v) is 3.87. The van der Waals surface area contributed by atoms with Gasteiger partial charge in [-0.05, 0) is 69.3 Å². The van der Waals surface area contributed by atoms with Crippen LogP contribution >= 0.6 is 0 Å². The van der Waals surface area contributed by atoms with E-state index in [9.17, 15) is 8.78 Å². The van der Waals surface area contributed by atoms with Crippen LogP contribution in [-0.4, -0.2) is 29.3 Å². The number of fused-ring (bicyclic) bond motifs is 1. The molecule has 9 heteroatoms. The van der Waals surface area contributed by atoms with Crippen molar-refractivity contribution in [3.05, 3.63) is 78.5 Å². The molecule has 0 aliphatic heterocycles. The number of hydrogen-bond donors (Lipinski definition) is 1. The molecule has 0 spiro atoms. The Morgan fingerprint density at radius 2 is 1.76 bits per heavy atom. The van der Waals surface area contributed by atoms with Crippen molar-refractivity contribution in [3.63, 3.8) is 0 Å². The van der Waals surface area contributed by atoms with Gasteiger partial charge in [0.2, 0.25) is 0 Å². The Labute approximate surface area is 188 Å². The lowest BCUT2D eigenvalue weighted by Crippen LogP contribution is -2.04. The van der Waals surface area contributed by atoms with Gasteiger partial charge in [0.25, 0.3) is 0 Å². The summed E-state index contributed by atoms with van der Waals surface area (Å²) in [5, 5.41) is 7.24. The van der Waals surface area contributed by atoms with Crippen molar-refractivity contribution in [2.45, 2.75) is 26.8 Å². The highest BCUT2D eigenvalue weighted by molar-refractivity contribution is 5.91. The summed E-state index contributed by atoms with van der Waals surface area (Å²) in [7, 11) is 0. The Morgan fingerprint density at radius 1 is 0.970 bits per heavy atom. The minimum absolute atomic E-state index is 0.105. The number of aryl methyl sites for hydroxylation is 1. The van der Waals surface area contributed by atoms with Crippen molar-refractivity contribution in [3.8, 4) is 17.1 Å². The number of hydrogen-bond acceptors (Lipinski definition) is 5. The first kappa shape index (κ1) is 20.7. The van der Waals surface area contributed by atoms with Crippen LogP contribution in [0.5, 0.6) is 0 Å². The molecule has 3 heterocycles. The van der Waals surface area contributed by atoms with Crippen LogP contribution in [0.2, 0.25) is 0 Å². The predicted molar refractivity (Wildman–Crippen MR) is 123 cm³/mol. The summed E-state index contributed by atoms with van der Waals surface area (Å²) in [6.07, 6.45) is 3.07. The molecule has 0 unspecified atom stereocenters. The normalized spacial score (nSPS) is 11.5. The molecule has 0 aliphatic rings. The first-order valence-electron chi connectivity index (χ1n) is 10.5. The van der Waals surface area contributed by atoms with Crippen LogP contribution in [0.15, 0.2) is 61.1 Å². The second kappa shape index (κ2) is 8.09. The van der Waals surface area contributed by atoms with Crippen molar-refractivity contribution < 1.29 is 8.78 Å². The lowest BCUT2D eigenvalue weighted by molar-refractivity contribution is 0.608. The molecule has 0 saturated heterocycles. The molecule has 7 nitrogen and oxygen atoms in total. The van der Waals surface area contributed by atoms with Gasteiger partial charge in [-0.1, -0.05) is 0 Å². The first-order valence-corrected chi connectivity index (χ1v) is 10.5. The molecule has 3 aromatic heterocycles. The van der Waals surface area contributed by atoms with Gasteiger partial charge >= 0.3 is 0 Å². The highest BCUT2D eigenvalue weighted by Crippen LogP contribution is 2.32. The number of halogens is 2. The Morgan fingerprint density at radius 3 is 2.42 bits per heavy atom. The van der Waals surface area contributed by atoms with Crippen molar-refractivity contribution in [1.82, 2.24) is 29.3 Å². The fourth-order valence-electron chi connectivity index (χ4n) is 3.87. The number of imidazole rings is 1. The third-order valence-corrected chi connectivity index (χ3v) is 5.38. The smallest absolute Gasteiger partial charge is 0.158 e. The summed E-state index contributed by atoms with van der Waals surface area (Å²) >= 11 is 0. The standard InChI is InChI=1S/C24H21F2N7/c1-14(2)32-21-10-11-27-23(22(21)31-24(32)16-4-6-17(25)7-5-16)30-18-8-9-20(19(26)12-18)33-15(3)28-13-29-33/h4-14H,1-3H3,(H,27,30). The number of nitrogens with zero attached hydrogens (tertiary/aromatic N) is 6. The maximum absolute atomic E-state index is 14.8. The van der Waals surface area contributed by atoms with E-state index in [1.807, 2.05) is 6.07 Å². The number of pyridine rings is 1. The van der Waals surface area contributed by atoms with Crippen LogP contribution in [0, 0.1) is 18.6 Å². The average Bonchev–Trinajstić information content (AvgIpc) is 3.39. The molecule has 0 amide bonds. The quantitative estimate of drug-likeness (QED) is 0.382. The minimum atomic E-state index is -0.444. The zero-order valence-corrected chi connectivity index (χ0v) is 18.3. The SMILES string of the molecule is Cc1ncnn1-c1ccc(Nc2nccc3c2nc(-c2ccc(F)cc2)n3C(C)C)cc1F. The molecular formula is C24H21F2N7. The lowest BCUT2D eigenvalue weighted by atomic mass is 10.2. The minimum Gasteiger partial charge on any atom is -0.338 e. The Kier molecular flexibility index (Phi) is 5.08. The Hall–Kier alpha value is -4.14. The molecule has 1 N–H and O–H groups in total. The number of aromatic nitrogens is 6. The Balaban J connectivity index is 1.57. The van der Waals surface area contributed by atoms with Crippen molar-refractivity contribution in [2.75, 3.05) is 5.32 Å². The highest BCUT2D eigenvalue weighted by atomic mass is 19.1. The van der Waals surface area contributed by atoms with Gasteiger partial charge in [-0.3, -0.25) is 0 Å². The third-order valence-electron chi connectivity index (χ3n) is 5.38. The molecule has 0 saturated carbocycles. The van der Waals surface area contributed by atoms with E-state index >= 15 is 0 Å². The molecule has 166 valence electrons. The summed E-state index contributed by atoms with van der Waals surface area (Å²) < 4.78 is 31.8. The van der Waals surface area contributed by atoms with E-state index in [2.05, 4.69) is 38.8 Å². The maximum Gasteiger partial charge on any atom is 0.158 e. The van der Waals surface area contributed by atoms with Crippen molar-refractivity contribution in [1.29, 1.82) is 0 Å². The predicted octanol–water partition coefficient (Wildman–Crippen LogP) is 5.59. The highest BCUT2D eigenvalue weighted by Gasteiger charge is 2.18. The van der Waals surface area contributed by atoms with E-state index in [-0.39, 0.29) is 11.9 Å². The van der Waals surface area contributed by atoms with Gasteiger partial charge in [-0.2, -0.15) is 5.10 Å². The van der Waals surface area contributed by atoms with Crippen LogP contribution < -0.4 is 5.32 Å². The molecule has 0 radical (unpaired) electrons. The van der Waals surface area contributed by atoms with E-state index in [0.29, 0.717) is 34.4 Å². The summed E-state index contributed by atoms with van der Waals surface area (Å²) in [6, 6.07) is 13.0. The molecule has 0 bridgehead atoms. The van der Waals surface area contributed by atoms with E-state index in [1.165, 1.54) is 29.2 Å². The molecule has 0 aliphatic carbocycles. The van der Waals surface area contributed by atoms with Gasteiger partial charge in [0.05, 0.1) is 5.52 Å². The van der Waals surface area contributed by atoms with Crippen molar-refractivity contribution in [2.24, 2.45) is 0 Å². The van der Waals surface area contributed by atoms with Crippen LogP contribution in [0.3, 0.4) is 0 Å². The summed E-state index contributed by atoms with van der Waals surface area (Å²) in [6.45, 7) is 5.87. The van der Waals surface area contributed by atoms with Crippen LogP contribution in [-0.2, 0) is 0 Å². The molecule has 0 fully saturated rings. The van der Waals surface area contributed by atoms with Crippen molar-refractivity contribution >= 4 is 22.5 Å². The maximum atomic E-state index is 14.8. The fraction of sp³-hybridized carbons (Fsp3) is 0.167. The summed E-state index contributed by atoms with van der Waals surface area (Å²) in [4.78, 5) is 13.3. The first-order chi connectivity index (χ1) is 15.9.